The van der Waals surface area contributed by atoms with Gasteiger partial charge in [-0.25, -0.2) is 4.98 Å². The molecular formula is C16H13BrN2O2. The van der Waals surface area contributed by atoms with Crippen molar-refractivity contribution in [2.24, 2.45) is 0 Å². The van der Waals surface area contributed by atoms with Gasteiger partial charge in [-0.15, -0.1) is 0 Å². The van der Waals surface area contributed by atoms with Crippen molar-refractivity contribution in [1.29, 1.82) is 0 Å². The number of carboxylic acids is 1. The summed E-state index contributed by atoms with van der Waals surface area (Å²) >= 11 is 3.36. The fourth-order valence-corrected chi connectivity index (χ4v) is 2.60. The number of aromatic nitrogens is 2. The molecule has 1 N–H and O–H groups in total. The van der Waals surface area contributed by atoms with E-state index in [-0.39, 0.29) is 0 Å². The van der Waals surface area contributed by atoms with Gasteiger partial charge in [-0.2, -0.15) is 0 Å². The van der Waals surface area contributed by atoms with Crippen LogP contribution in [0.4, 0.5) is 0 Å². The summed E-state index contributed by atoms with van der Waals surface area (Å²) in [7, 11) is 0. The normalized spacial score (nSPS) is 12.4. The van der Waals surface area contributed by atoms with E-state index >= 15 is 0 Å². The standard InChI is InChI=1S/C16H13BrN2O2/c17-12-6-4-11(5-7-12)14(16(20)21)9-13-10-19-8-2-1-3-15(19)18-13/h1-8,10,14H,9H2,(H,20,21). The fourth-order valence-electron chi connectivity index (χ4n) is 2.34. The van der Waals surface area contributed by atoms with Gasteiger partial charge in [0.15, 0.2) is 0 Å². The molecule has 3 rings (SSSR count). The average molecular weight is 345 g/mol. The first kappa shape index (κ1) is 13.8. The number of hydrogen-bond donors (Lipinski definition) is 1. The van der Waals surface area contributed by atoms with Gasteiger partial charge in [0.05, 0.1) is 11.6 Å². The molecule has 0 aliphatic carbocycles. The predicted octanol–water partition coefficient (Wildman–Crippen LogP) is 3.51. The van der Waals surface area contributed by atoms with Crippen LogP contribution in [-0.4, -0.2) is 20.5 Å². The highest BCUT2D eigenvalue weighted by Gasteiger charge is 2.21. The van der Waals surface area contributed by atoms with Crippen LogP contribution in [0.2, 0.25) is 0 Å². The largest absolute Gasteiger partial charge is 0.481 e. The molecule has 106 valence electrons. The average Bonchev–Trinajstić information content (AvgIpc) is 2.88. The molecule has 1 atom stereocenters. The summed E-state index contributed by atoms with van der Waals surface area (Å²) in [4.78, 5) is 16.0. The van der Waals surface area contributed by atoms with Crippen molar-refractivity contribution in [3.05, 3.63) is 70.6 Å². The number of halogens is 1. The van der Waals surface area contributed by atoms with Crippen molar-refractivity contribution in [3.63, 3.8) is 0 Å². The lowest BCUT2D eigenvalue weighted by Crippen LogP contribution is -2.14. The van der Waals surface area contributed by atoms with E-state index < -0.39 is 11.9 Å². The first-order chi connectivity index (χ1) is 10.1. The summed E-state index contributed by atoms with van der Waals surface area (Å²) < 4.78 is 2.83. The van der Waals surface area contributed by atoms with Crippen LogP contribution in [-0.2, 0) is 11.2 Å². The number of fused-ring (bicyclic) bond motifs is 1. The minimum absolute atomic E-state index is 0.374. The Morgan fingerprint density at radius 3 is 2.67 bits per heavy atom. The highest BCUT2D eigenvalue weighted by molar-refractivity contribution is 9.10. The predicted molar refractivity (Wildman–Crippen MR) is 83.4 cm³/mol. The van der Waals surface area contributed by atoms with Gasteiger partial charge >= 0.3 is 5.97 Å². The molecule has 0 spiro atoms. The SMILES string of the molecule is O=C(O)C(Cc1cn2ccccc2n1)c1ccc(Br)cc1. The van der Waals surface area contributed by atoms with Crippen LogP contribution in [0.5, 0.6) is 0 Å². The molecule has 2 heterocycles. The molecule has 1 aromatic carbocycles. The number of imidazole rings is 1. The molecule has 1 unspecified atom stereocenters. The molecular weight excluding hydrogens is 332 g/mol. The lowest BCUT2D eigenvalue weighted by molar-refractivity contribution is -0.138. The highest BCUT2D eigenvalue weighted by Crippen LogP contribution is 2.23. The van der Waals surface area contributed by atoms with Crippen LogP contribution < -0.4 is 0 Å². The van der Waals surface area contributed by atoms with Gasteiger partial charge in [-0.1, -0.05) is 34.1 Å². The summed E-state index contributed by atoms with van der Waals surface area (Å²) in [5.41, 5.74) is 2.38. The molecule has 2 aromatic heterocycles. The first-order valence-corrected chi connectivity index (χ1v) is 7.33. The van der Waals surface area contributed by atoms with E-state index in [9.17, 15) is 9.90 Å². The molecule has 0 aliphatic heterocycles. The quantitative estimate of drug-likeness (QED) is 0.787. The van der Waals surface area contributed by atoms with Gasteiger partial charge in [-0.05, 0) is 29.8 Å². The van der Waals surface area contributed by atoms with Crippen molar-refractivity contribution in [3.8, 4) is 0 Å². The van der Waals surface area contributed by atoms with Crippen LogP contribution in [0.15, 0.2) is 59.3 Å². The first-order valence-electron chi connectivity index (χ1n) is 6.54. The zero-order valence-corrected chi connectivity index (χ0v) is 12.7. The Kier molecular flexibility index (Phi) is 3.75. The summed E-state index contributed by atoms with van der Waals surface area (Å²) in [5.74, 6) is -1.43. The van der Waals surface area contributed by atoms with Crippen LogP contribution in [0.25, 0.3) is 5.65 Å². The van der Waals surface area contributed by atoms with E-state index in [0.717, 1.165) is 21.4 Å². The highest BCUT2D eigenvalue weighted by atomic mass is 79.9. The summed E-state index contributed by atoms with van der Waals surface area (Å²) in [5, 5.41) is 9.49. The van der Waals surface area contributed by atoms with Gasteiger partial charge in [0, 0.05) is 23.3 Å². The third-order valence-corrected chi connectivity index (χ3v) is 3.93. The maximum absolute atomic E-state index is 11.6. The Balaban J connectivity index is 1.91. The second-order valence-corrected chi connectivity index (χ2v) is 5.76. The Morgan fingerprint density at radius 1 is 1.24 bits per heavy atom. The number of carboxylic acid groups (broad SMARTS) is 1. The number of pyridine rings is 1. The van der Waals surface area contributed by atoms with E-state index in [2.05, 4.69) is 20.9 Å². The molecule has 4 nitrogen and oxygen atoms in total. The maximum Gasteiger partial charge on any atom is 0.311 e. The van der Waals surface area contributed by atoms with Gasteiger partial charge in [-0.3, -0.25) is 4.79 Å². The Labute approximate surface area is 130 Å². The van der Waals surface area contributed by atoms with Gasteiger partial charge in [0.25, 0.3) is 0 Å². The number of carbonyl (C=O) groups is 1. The third kappa shape index (κ3) is 2.97. The Morgan fingerprint density at radius 2 is 2.00 bits per heavy atom. The number of hydrogen-bond acceptors (Lipinski definition) is 2. The van der Waals surface area contributed by atoms with Crippen molar-refractivity contribution in [1.82, 2.24) is 9.38 Å². The molecule has 0 radical (unpaired) electrons. The van der Waals surface area contributed by atoms with E-state index in [1.165, 1.54) is 0 Å². The lowest BCUT2D eigenvalue weighted by atomic mass is 9.95. The van der Waals surface area contributed by atoms with Crippen molar-refractivity contribution < 1.29 is 9.90 Å². The molecule has 0 saturated carbocycles. The number of benzene rings is 1. The Hall–Kier alpha value is -2.14. The zero-order valence-electron chi connectivity index (χ0n) is 11.1. The molecule has 0 amide bonds. The smallest absolute Gasteiger partial charge is 0.311 e. The fraction of sp³-hybridized carbons (Fsp3) is 0.125. The summed E-state index contributed by atoms with van der Waals surface area (Å²) in [6.07, 6.45) is 4.16. The lowest BCUT2D eigenvalue weighted by Gasteiger charge is -2.11. The molecule has 0 saturated heterocycles. The van der Waals surface area contributed by atoms with Gasteiger partial charge < -0.3 is 9.51 Å². The monoisotopic (exact) mass is 344 g/mol. The van der Waals surface area contributed by atoms with E-state index in [4.69, 9.17) is 0 Å². The summed E-state index contributed by atoms with van der Waals surface area (Å²) in [6, 6.07) is 13.1. The second kappa shape index (κ2) is 5.69. The molecule has 21 heavy (non-hydrogen) atoms. The molecule has 0 fully saturated rings. The Bertz CT molecular complexity index is 747. The zero-order chi connectivity index (χ0) is 14.8. The minimum Gasteiger partial charge on any atom is -0.481 e. The van der Waals surface area contributed by atoms with Crippen molar-refractivity contribution >= 4 is 27.5 Å². The molecule has 0 bridgehead atoms. The number of nitrogens with zero attached hydrogens (tertiary/aromatic N) is 2. The summed E-state index contributed by atoms with van der Waals surface area (Å²) in [6.45, 7) is 0. The van der Waals surface area contributed by atoms with E-state index in [1.54, 1.807) is 0 Å². The number of aliphatic carboxylic acids is 1. The minimum atomic E-state index is -0.839. The molecule has 3 aromatic rings. The van der Waals surface area contributed by atoms with Crippen LogP contribution in [0.3, 0.4) is 0 Å². The van der Waals surface area contributed by atoms with Crippen molar-refractivity contribution in [2.75, 3.05) is 0 Å². The maximum atomic E-state index is 11.6. The van der Waals surface area contributed by atoms with Gasteiger partial charge in [0.1, 0.15) is 5.65 Å². The third-order valence-electron chi connectivity index (χ3n) is 3.40. The van der Waals surface area contributed by atoms with Crippen LogP contribution >= 0.6 is 15.9 Å². The molecule has 5 heteroatoms. The van der Waals surface area contributed by atoms with Crippen molar-refractivity contribution in [2.45, 2.75) is 12.3 Å². The second-order valence-electron chi connectivity index (χ2n) is 4.84. The van der Waals surface area contributed by atoms with Crippen LogP contribution in [0.1, 0.15) is 17.2 Å². The van der Waals surface area contributed by atoms with Gasteiger partial charge in [0.2, 0.25) is 0 Å². The number of rotatable bonds is 4. The molecule has 0 aliphatic rings. The topological polar surface area (TPSA) is 54.6 Å². The van der Waals surface area contributed by atoms with Crippen LogP contribution in [0, 0.1) is 0 Å². The van der Waals surface area contributed by atoms with E-state index in [0.29, 0.717) is 6.42 Å². The van der Waals surface area contributed by atoms with E-state index in [1.807, 2.05) is 59.3 Å².